The highest BCUT2D eigenvalue weighted by Gasteiger charge is 2.20. The molecule has 0 aliphatic heterocycles. The summed E-state index contributed by atoms with van der Waals surface area (Å²) in [4.78, 5) is 12.1. The molecule has 0 aromatic heterocycles. The van der Waals surface area contributed by atoms with E-state index in [1.165, 1.54) is 18.9 Å². The molecule has 1 aromatic rings. The Morgan fingerprint density at radius 2 is 2.27 bits per heavy atom. The molecular formula is C10H11ClO3S. The van der Waals surface area contributed by atoms with Crippen LogP contribution in [0.4, 0.5) is 0 Å². The molecule has 0 bridgehead atoms. The van der Waals surface area contributed by atoms with Gasteiger partial charge in [0.1, 0.15) is 0 Å². The van der Waals surface area contributed by atoms with Crippen molar-refractivity contribution in [1.82, 2.24) is 0 Å². The second kappa shape index (κ2) is 5.39. The van der Waals surface area contributed by atoms with Gasteiger partial charge in [0.2, 0.25) is 0 Å². The van der Waals surface area contributed by atoms with Gasteiger partial charge in [0.25, 0.3) is 0 Å². The molecule has 0 spiro atoms. The Morgan fingerprint density at radius 3 is 2.80 bits per heavy atom. The van der Waals surface area contributed by atoms with Crippen LogP contribution in [0.2, 0.25) is 5.02 Å². The third-order valence-corrected chi connectivity index (χ3v) is 2.99. The molecule has 0 aliphatic carbocycles. The number of aliphatic hydroxyl groups is 1. The van der Waals surface area contributed by atoms with E-state index in [4.69, 9.17) is 11.6 Å². The first-order valence-electron chi connectivity index (χ1n) is 4.19. The van der Waals surface area contributed by atoms with Crippen LogP contribution in [-0.2, 0) is 9.53 Å². The van der Waals surface area contributed by atoms with Crippen LogP contribution in [0.3, 0.4) is 0 Å². The second-order valence-electron chi connectivity index (χ2n) is 2.81. The minimum atomic E-state index is -1.32. The smallest absolute Gasteiger partial charge is 0.339 e. The van der Waals surface area contributed by atoms with Crippen molar-refractivity contribution in [3.05, 3.63) is 28.8 Å². The van der Waals surface area contributed by atoms with Crippen molar-refractivity contribution in [2.24, 2.45) is 0 Å². The minimum Gasteiger partial charge on any atom is -0.467 e. The normalized spacial score (nSPS) is 12.3. The molecule has 1 atom stereocenters. The van der Waals surface area contributed by atoms with E-state index in [0.29, 0.717) is 10.6 Å². The van der Waals surface area contributed by atoms with Gasteiger partial charge in [0.15, 0.2) is 6.10 Å². The zero-order valence-electron chi connectivity index (χ0n) is 8.36. The van der Waals surface area contributed by atoms with E-state index in [0.717, 1.165) is 4.90 Å². The summed E-state index contributed by atoms with van der Waals surface area (Å²) in [6.45, 7) is 0. The Kier molecular flexibility index (Phi) is 4.45. The zero-order valence-corrected chi connectivity index (χ0v) is 9.93. The lowest BCUT2D eigenvalue weighted by molar-refractivity contribution is -0.150. The fraction of sp³-hybridized carbons (Fsp3) is 0.300. The summed E-state index contributed by atoms with van der Waals surface area (Å²) in [5, 5.41) is 9.97. The summed E-state index contributed by atoms with van der Waals surface area (Å²) in [6, 6.07) is 5.14. The maximum Gasteiger partial charge on any atom is 0.339 e. The first-order chi connectivity index (χ1) is 7.10. The number of hydrogen-bond acceptors (Lipinski definition) is 4. The Hall–Kier alpha value is -0.710. The van der Waals surface area contributed by atoms with Gasteiger partial charge in [-0.15, -0.1) is 11.8 Å². The number of hydrogen-bond donors (Lipinski definition) is 1. The largest absolute Gasteiger partial charge is 0.467 e. The number of esters is 1. The van der Waals surface area contributed by atoms with E-state index in [1.807, 2.05) is 12.3 Å². The average Bonchev–Trinajstić information content (AvgIpc) is 2.27. The number of carbonyl (C=O) groups is 1. The molecular weight excluding hydrogens is 236 g/mol. The maximum atomic E-state index is 11.1. The van der Waals surface area contributed by atoms with Crippen LogP contribution in [0, 0.1) is 0 Å². The molecule has 1 aromatic carbocycles. The lowest BCUT2D eigenvalue weighted by Gasteiger charge is -2.11. The number of carbonyl (C=O) groups excluding carboxylic acids is 1. The molecule has 0 heterocycles. The van der Waals surface area contributed by atoms with Gasteiger partial charge in [0.05, 0.1) is 7.11 Å². The summed E-state index contributed by atoms with van der Waals surface area (Å²) in [6.07, 6.45) is 0.576. The molecule has 1 unspecified atom stereocenters. The SMILES string of the molecule is COC(=O)C(O)c1cc(SC)ccc1Cl. The summed E-state index contributed by atoms with van der Waals surface area (Å²) >= 11 is 7.38. The molecule has 82 valence electrons. The van der Waals surface area contributed by atoms with Gasteiger partial charge < -0.3 is 9.84 Å². The Bertz CT molecular complexity index is 368. The molecule has 15 heavy (non-hydrogen) atoms. The minimum absolute atomic E-state index is 0.353. The number of benzene rings is 1. The van der Waals surface area contributed by atoms with Gasteiger partial charge in [-0.2, -0.15) is 0 Å². The van der Waals surface area contributed by atoms with Crippen LogP contribution in [0.5, 0.6) is 0 Å². The Labute approximate surface area is 97.4 Å². The van der Waals surface area contributed by atoms with Crippen molar-refractivity contribution in [2.45, 2.75) is 11.0 Å². The molecule has 0 aliphatic rings. The Balaban J connectivity index is 3.06. The summed E-state index contributed by atoms with van der Waals surface area (Å²) in [5.74, 6) is -0.713. The standard InChI is InChI=1S/C10H11ClO3S/c1-14-10(13)9(12)7-5-6(15-2)3-4-8(7)11/h3-5,9,12H,1-2H3. The highest BCUT2D eigenvalue weighted by molar-refractivity contribution is 7.98. The van der Waals surface area contributed by atoms with Crippen LogP contribution in [0.15, 0.2) is 23.1 Å². The van der Waals surface area contributed by atoms with E-state index in [9.17, 15) is 9.90 Å². The van der Waals surface area contributed by atoms with Gasteiger partial charge >= 0.3 is 5.97 Å². The van der Waals surface area contributed by atoms with E-state index >= 15 is 0 Å². The zero-order chi connectivity index (χ0) is 11.4. The molecule has 5 heteroatoms. The van der Waals surface area contributed by atoms with Crippen LogP contribution in [-0.4, -0.2) is 24.4 Å². The first kappa shape index (κ1) is 12.4. The molecule has 0 saturated heterocycles. The molecule has 0 radical (unpaired) electrons. The number of halogens is 1. The summed E-state index contributed by atoms with van der Waals surface area (Å²) in [7, 11) is 1.22. The highest BCUT2D eigenvalue weighted by Crippen LogP contribution is 2.28. The van der Waals surface area contributed by atoms with Crippen molar-refractivity contribution in [3.63, 3.8) is 0 Å². The lowest BCUT2D eigenvalue weighted by Crippen LogP contribution is -2.13. The molecule has 3 nitrogen and oxygen atoms in total. The fourth-order valence-electron chi connectivity index (χ4n) is 1.10. The van der Waals surface area contributed by atoms with Crippen LogP contribution in [0.25, 0.3) is 0 Å². The molecule has 1 N–H and O–H groups in total. The average molecular weight is 247 g/mol. The fourth-order valence-corrected chi connectivity index (χ4v) is 1.77. The summed E-state index contributed by atoms with van der Waals surface area (Å²) < 4.78 is 4.44. The number of rotatable bonds is 3. The monoisotopic (exact) mass is 246 g/mol. The van der Waals surface area contributed by atoms with E-state index < -0.39 is 12.1 Å². The van der Waals surface area contributed by atoms with Gasteiger partial charge in [-0.3, -0.25) is 0 Å². The molecule has 1 rings (SSSR count). The van der Waals surface area contributed by atoms with Crippen molar-refractivity contribution in [3.8, 4) is 0 Å². The summed E-state index contributed by atoms with van der Waals surface area (Å²) in [5.41, 5.74) is 0.371. The number of thioether (sulfide) groups is 1. The van der Waals surface area contributed by atoms with E-state index in [2.05, 4.69) is 4.74 Å². The number of aliphatic hydroxyl groups excluding tert-OH is 1. The topological polar surface area (TPSA) is 46.5 Å². The van der Waals surface area contributed by atoms with Gasteiger partial charge in [-0.1, -0.05) is 11.6 Å². The van der Waals surface area contributed by atoms with Gasteiger partial charge in [0, 0.05) is 15.5 Å². The van der Waals surface area contributed by atoms with Crippen LogP contribution < -0.4 is 0 Å². The van der Waals surface area contributed by atoms with Crippen molar-refractivity contribution < 1.29 is 14.6 Å². The number of methoxy groups -OCH3 is 1. The maximum absolute atomic E-state index is 11.1. The third kappa shape index (κ3) is 2.87. The van der Waals surface area contributed by atoms with Crippen LogP contribution >= 0.6 is 23.4 Å². The quantitative estimate of drug-likeness (QED) is 0.657. The first-order valence-corrected chi connectivity index (χ1v) is 5.79. The molecule has 0 amide bonds. The third-order valence-electron chi connectivity index (χ3n) is 1.92. The highest BCUT2D eigenvalue weighted by atomic mass is 35.5. The second-order valence-corrected chi connectivity index (χ2v) is 4.10. The van der Waals surface area contributed by atoms with Crippen LogP contribution in [0.1, 0.15) is 11.7 Å². The van der Waals surface area contributed by atoms with Crippen molar-refractivity contribution in [1.29, 1.82) is 0 Å². The van der Waals surface area contributed by atoms with E-state index in [-0.39, 0.29) is 0 Å². The lowest BCUT2D eigenvalue weighted by atomic mass is 10.1. The van der Waals surface area contributed by atoms with Gasteiger partial charge in [-0.05, 0) is 24.5 Å². The molecule has 0 fully saturated rings. The predicted molar refractivity (Wildman–Crippen MR) is 60.2 cm³/mol. The van der Waals surface area contributed by atoms with E-state index in [1.54, 1.807) is 12.1 Å². The number of ether oxygens (including phenoxy) is 1. The van der Waals surface area contributed by atoms with Gasteiger partial charge in [-0.25, -0.2) is 4.79 Å². The molecule has 0 saturated carbocycles. The Morgan fingerprint density at radius 1 is 1.60 bits per heavy atom. The predicted octanol–water partition coefficient (Wildman–Crippen LogP) is 2.27. The van der Waals surface area contributed by atoms with Crippen molar-refractivity contribution in [2.75, 3.05) is 13.4 Å². The van der Waals surface area contributed by atoms with Crippen molar-refractivity contribution >= 4 is 29.3 Å².